The molecule has 3 rings (SSSR count). The molecule has 0 spiro atoms. The van der Waals surface area contributed by atoms with E-state index in [1.807, 2.05) is 12.1 Å². The minimum Gasteiger partial charge on any atom is -0.355 e. The van der Waals surface area contributed by atoms with Crippen LogP contribution in [0.2, 0.25) is 0 Å². The van der Waals surface area contributed by atoms with Gasteiger partial charge in [-0.15, -0.1) is 10.2 Å². The van der Waals surface area contributed by atoms with Gasteiger partial charge in [0.05, 0.1) is 5.69 Å². The van der Waals surface area contributed by atoms with E-state index >= 15 is 0 Å². The molecule has 0 saturated carbocycles. The number of benzene rings is 1. The zero-order chi connectivity index (χ0) is 16.2. The largest absolute Gasteiger partial charge is 0.355 e. The molecule has 1 saturated heterocycles. The Kier molecular flexibility index (Phi) is 4.50. The number of aromatic nitrogens is 2. The lowest BCUT2D eigenvalue weighted by atomic mass is 10.1. The van der Waals surface area contributed by atoms with Gasteiger partial charge in [0.2, 0.25) is 5.91 Å². The average Bonchev–Trinajstić information content (AvgIpc) is 2.56. The molecule has 5 nitrogen and oxygen atoms in total. The summed E-state index contributed by atoms with van der Waals surface area (Å²) in [4.78, 5) is 13.3. The number of carbonyl (C=O) groups excluding carboxylic acids is 1. The van der Waals surface area contributed by atoms with Crippen LogP contribution in [0, 0.1) is 5.82 Å². The number of piperidine rings is 1. The highest BCUT2D eigenvalue weighted by molar-refractivity contribution is 5.73. The number of anilines is 1. The van der Waals surface area contributed by atoms with Crippen molar-refractivity contribution in [2.45, 2.75) is 25.8 Å². The Morgan fingerprint density at radius 3 is 2.39 bits per heavy atom. The number of halogens is 1. The zero-order valence-corrected chi connectivity index (χ0v) is 13.0. The minimum absolute atomic E-state index is 0.0203. The fourth-order valence-corrected chi connectivity index (χ4v) is 2.81. The molecular weight excluding hydrogens is 295 g/mol. The van der Waals surface area contributed by atoms with Gasteiger partial charge in [-0.2, -0.15) is 0 Å². The standard InChI is InChI=1S/C17H19FN4O/c1-12(23)19-15-8-10-22(11-9-15)17-7-6-16(20-21-17)13-2-4-14(18)5-3-13/h2-7,15H,8-11H2,1H3,(H,19,23). The summed E-state index contributed by atoms with van der Waals surface area (Å²) in [5.41, 5.74) is 1.57. The fourth-order valence-electron chi connectivity index (χ4n) is 2.81. The van der Waals surface area contributed by atoms with Gasteiger partial charge in [-0.05, 0) is 49.2 Å². The van der Waals surface area contributed by atoms with Crippen molar-refractivity contribution in [3.8, 4) is 11.3 Å². The maximum absolute atomic E-state index is 13.0. The van der Waals surface area contributed by atoms with E-state index in [4.69, 9.17) is 0 Å². The minimum atomic E-state index is -0.264. The second-order valence-corrected chi connectivity index (χ2v) is 5.75. The molecule has 1 amide bonds. The average molecular weight is 314 g/mol. The Balaban J connectivity index is 1.64. The number of amides is 1. The van der Waals surface area contributed by atoms with Crippen molar-refractivity contribution in [3.05, 3.63) is 42.2 Å². The lowest BCUT2D eigenvalue weighted by molar-refractivity contribution is -0.119. The van der Waals surface area contributed by atoms with Crippen LogP contribution in [0.3, 0.4) is 0 Å². The third-order valence-corrected chi connectivity index (χ3v) is 4.02. The molecule has 0 bridgehead atoms. The lowest BCUT2D eigenvalue weighted by Crippen LogP contribution is -2.44. The van der Waals surface area contributed by atoms with Crippen LogP contribution in [0.25, 0.3) is 11.3 Å². The number of rotatable bonds is 3. The molecule has 0 aliphatic carbocycles. The van der Waals surface area contributed by atoms with Gasteiger partial charge in [0.15, 0.2) is 5.82 Å². The van der Waals surface area contributed by atoms with Crippen LogP contribution in [0.4, 0.5) is 10.2 Å². The van der Waals surface area contributed by atoms with Gasteiger partial charge < -0.3 is 10.2 Å². The summed E-state index contributed by atoms with van der Waals surface area (Å²) in [5.74, 6) is 0.587. The zero-order valence-electron chi connectivity index (χ0n) is 13.0. The monoisotopic (exact) mass is 314 g/mol. The molecule has 1 aliphatic heterocycles. The molecule has 1 aromatic heterocycles. The van der Waals surface area contributed by atoms with Gasteiger partial charge in [-0.3, -0.25) is 4.79 Å². The second-order valence-electron chi connectivity index (χ2n) is 5.75. The smallest absolute Gasteiger partial charge is 0.217 e. The van der Waals surface area contributed by atoms with Crippen molar-refractivity contribution in [1.82, 2.24) is 15.5 Å². The van der Waals surface area contributed by atoms with Crippen LogP contribution < -0.4 is 10.2 Å². The molecule has 0 unspecified atom stereocenters. The van der Waals surface area contributed by atoms with Crippen molar-refractivity contribution in [1.29, 1.82) is 0 Å². The van der Waals surface area contributed by atoms with E-state index in [0.717, 1.165) is 43.0 Å². The van der Waals surface area contributed by atoms with E-state index in [1.165, 1.54) is 12.1 Å². The van der Waals surface area contributed by atoms with Crippen molar-refractivity contribution in [2.24, 2.45) is 0 Å². The molecule has 1 fully saturated rings. The Morgan fingerprint density at radius 2 is 1.83 bits per heavy atom. The number of nitrogens with one attached hydrogen (secondary N) is 1. The van der Waals surface area contributed by atoms with Crippen molar-refractivity contribution in [3.63, 3.8) is 0 Å². The Hall–Kier alpha value is -2.50. The Labute approximate surface area is 134 Å². The third-order valence-electron chi connectivity index (χ3n) is 4.02. The first kappa shape index (κ1) is 15.4. The third kappa shape index (κ3) is 3.83. The predicted molar refractivity (Wildman–Crippen MR) is 86.5 cm³/mol. The van der Waals surface area contributed by atoms with Gasteiger partial charge in [-0.25, -0.2) is 4.39 Å². The van der Waals surface area contributed by atoms with Crippen LogP contribution in [-0.2, 0) is 4.79 Å². The predicted octanol–water partition coefficient (Wildman–Crippen LogP) is 2.39. The van der Waals surface area contributed by atoms with Crippen molar-refractivity contribution >= 4 is 11.7 Å². The molecule has 2 heterocycles. The Morgan fingerprint density at radius 1 is 1.13 bits per heavy atom. The Bertz CT molecular complexity index is 664. The molecule has 1 aliphatic rings. The maximum atomic E-state index is 13.0. The highest BCUT2D eigenvalue weighted by atomic mass is 19.1. The molecule has 1 aromatic carbocycles. The number of carbonyl (C=O) groups is 1. The van der Waals surface area contributed by atoms with E-state index in [2.05, 4.69) is 20.4 Å². The first-order valence-corrected chi connectivity index (χ1v) is 7.73. The van der Waals surface area contributed by atoms with E-state index < -0.39 is 0 Å². The van der Waals surface area contributed by atoms with Crippen molar-refractivity contribution < 1.29 is 9.18 Å². The summed E-state index contributed by atoms with van der Waals surface area (Å²) in [6, 6.07) is 10.3. The topological polar surface area (TPSA) is 58.1 Å². The van der Waals surface area contributed by atoms with Gasteiger partial charge in [0.25, 0.3) is 0 Å². The summed E-state index contributed by atoms with van der Waals surface area (Å²) in [7, 11) is 0. The SMILES string of the molecule is CC(=O)NC1CCN(c2ccc(-c3ccc(F)cc3)nn2)CC1. The molecular formula is C17H19FN4O. The van der Waals surface area contributed by atoms with Crippen LogP contribution in [-0.4, -0.2) is 35.2 Å². The first-order valence-electron chi connectivity index (χ1n) is 7.73. The van der Waals surface area contributed by atoms with Crippen molar-refractivity contribution in [2.75, 3.05) is 18.0 Å². The first-order chi connectivity index (χ1) is 11.1. The maximum Gasteiger partial charge on any atom is 0.217 e. The van der Waals surface area contributed by atoms with Gasteiger partial charge in [-0.1, -0.05) is 0 Å². The van der Waals surface area contributed by atoms with Crippen LogP contribution in [0.1, 0.15) is 19.8 Å². The van der Waals surface area contributed by atoms with Crippen LogP contribution in [0.5, 0.6) is 0 Å². The highest BCUT2D eigenvalue weighted by Gasteiger charge is 2.20. The summed E-state index contributed by atoms with van der Waals surface area (Å²) < 4.78 is 13.0. The molecule has 2 aromatic rings. The number of hydrogen-bond acceptors (Lipinski definition) is 4. The van der Waals surface area contributed by atoms with E-state index in [1.54, 1.807) is 19.1 Å². The van der Waals surface area contributed by atoms with Gasteiger partial charge in [0.1, 0.15) is 5.82 Å². The summed E-state index contributed by atoms with van der Waals surface area (Å²) >= 11 is 0. The number of hydrogen-bond donors (Lipinski definition) is 1. The van der Waals surface area contributed by atoms with E-state index in [9.17, 15) is 9.18 Å². The summed E-state index contributed by atoms with van der Waals surface area (Å²) in [6.07, 6.45) is 1.81. The van der Waals surface area contributed by atoms with Crippen LogP contribution >= 0.6 is 0 Å². The van der Waals surface area contributed by atoms with Gasteiger partial charge >= 0.3 is 0 Å². The highest BCUT2D eigenvalue weighted by Crippen LogP contribution is 2.21. The molecule has 120 valence electrons. The fraction of sp³-hybridized carbons (Fsp3) is 0.353. The molecule has 0 atom stereocenters. The quantitative estimate of drug-likeness (QED) is 0.945. The molecule has 6 heteroatoms. The summed E-state index contributed by atoms with van der Waals surface area (Å²) in [6.45, 7) is 3.23. The normalized spacial score (nSPS) is 15.5. The molecule has 23 heavy (non-hydrogen) atoms. The number of nitrogens with zero attached hydrogens (tertiary/aromatic N) is 3. The lowest BCUT2D eigenvalue weighted by Gasteiger charge is -2.32. The molecule has 0 radical (unpaired) electrons. The second kappa shape index (κ2) is 6.73. The molecule has 1 N–H and O–H groups in total. The van der Waals surface area contributed by atoms with Crippen LogP contribution in [0.15, 0.2) is 36.4 Å². The van der Waals surface area contributed by atoms with E-state index in [-0.39, 0.29) is 17.8 Å². The summed E-state index contributed by atoms with van der Waals surface area (Å²) in [5, 5.41) is 11.5. The van der Waals surface area contributed by atoms with Gasteiger partial charge in [0, 0.05) is 31.6 Å². The van der Waals surface area contributed by atoms with E-state index in [0.29, 0.717) is 0 Å².